The van der Waals surface area contributed by atoms with E-state index in [0.717, 1.165) is 19.4 Å². The SMILES string of the molecule is OCCN(CCO)CCCCCl. The highest BCUT2D eigenvalue weighted by atomic mass is 35.5. The van der Waals surface area contributed by atoms with Gasteiger partial charge in [-0.15, -0.1) is 11.6 Å². The minimum Gasteiger partial charge on any atom is -0.395 e. The summed E-state index contributed by atoms with van der Waals surface area (Å²) in [5.41, 5.74) is 0. The summed E-state index contributed by atoms with van der Waals surface area (Å²) in [7, 11) is 0. The van der Waals surface area contributed by atoms with E-state index in [2.05, 4.69) is 0 Å². The number of alkyl halides is 1. The Kier molecular flexibility index (Phi) is 9.39. The molecule has 0 saturated carbocycles. The molecule has 0 fully saturated rings. The minimum absolute atomic E-state index is 0.154. The van der Waals surface area contributed by atoms with Gasteiger partial charge >= 0.3 is 0 Å². The molecule has 12 heavy (non-hydrogen) atoms. The molecule has 0 unspecified atom stereocenters. The van der Waals surface area contributed by atoms with E-state index in [1.807, 2.05) is 4.90 Å². The average molecular weight is 196 g/mol. The molecule has 0 radical (unpaired) electrons. The van der Waals surface area contributed by atoms with Gasteiger partial charge < -0.3 is 10.2 Å². The first-order valence-electron chi connectivity index (χ1n) is 4.35. The maximum atomic E-state index is 8.67. The van der Waals surface area contributed by atoms with Crippen LogP contribution in [0.4, 0.5) is 0 Å². The van der Waals surface area contributed by atoms with Crippen molar-refractivity contribution in [2.75, 3.05) is 38.7 Å². The fraction of sp³-hybridized carbons (Fsp3) is 1.00. The largest absolute Gasteiger partial charge is 0.395 e. The second-order valence-electron chi connectivity index (χ2n) is 2.68. The lowest BCUT2D eigenvalue weighted by Gasteiger charge is -2.19. The van der Waals surface area contributed by atoms with Crippen molar-refractivity contribution in [3.63, 3.8) is 0 Å². The number of unbranched alkanes of at least 4 members (excludes halogenated alkanes) is 1. The summed E-state index contributed by atoms with van der Waals surface area (Å²) in [6.07, 6.45) is 2.03. The van der Waals surface area contributed by atoms with Crippen LogP contribution in [0.25, 0.3) is 0 Å². The molecule has 0 bridgehead atoms. The van der Waals surface area contributed by atoms with Crippen molar-refractivity contribution >= 4 is 11.6 Å². The lowest BCUT2D eigenvalue weighted by molar-refractivity contribution is 0.160. The van der Waals surface area contributed by atoms with Crippen molar-refractivity contribution < 1.29 is 10.2 Å². The number of aliphatic hydroxyl groups is 2. The molecule has 4 heteroatoms. The first-order chi connectivity index (χ1) is 5.85. The fourth-order valence-electron chi connectivity index (χ4n) is 1.05. The van der Waals surface area contributed by atoms with E-state index in [1.165, 1.54) is 0 Å². The van der Waals surface area contributed by atoms with Crippen LogP contribution >= 0.6 is 11.6 Å². The molecule has 0 saturated heterocycles. The predicted octanol–water partition coefficient (Wildman–Crippen LogP) is 0.292. The highest BCUT2D eigenvalue weighted by Crippen LogP contribution is 1.96. The lowest BCUT2D eigenvalue weighted by Crippen LogP contribution is -2.30. The zero-order chi connectivity index (χ0) is 9.23. The van der Waals surface area contributed by atoms with Gasteiger partial charge in [-0.2, -0.15) is 0 Å². The Hall–Kier alpha value is 0.170. The summed E-state index contributed by atoms with van der Waals surface area (Å²) in [5.74, 6) is 0.687. The van der Waals surface area contributed by atoms with Gasteiger partial charge in [0.15, 0.2) is 0 Å². The Bertz CT molecular complexity index is 87.1. The van der Waals surface area contributed by atoms with Crippen molar-refractivity contribution in [1.82, 2.24) is 4.90 Å². The van der Waals surface area contributed by atoms with Crippen LogP contribution in [0.5, 0.6) is 0 Å². The number of rotatable bonds is 8. The number of nitrogens with zero attached hydrogens (tertiary/aromatic N) is 1. The highest BCUT2D eigenvalue weighted by Gasteiger charge is 2.01. The normalized spacial score (nSPS) is 11.0. The van der Waals surface area contributed by atoms with Crippen molar-refractivity contribution in [2.24, 2.45) is 0 Å². The molecule has 0 aromatic rings. The van der Waals surface area contributed by atoms with Gasteiger partial charge in [0.05, 0.1) is 13.2 Å². The molecule has 0 rings (SSSR count). The van der Waals surface area contributed by atoms with Crippen LogP contribution in [0.2, 0.25) is 0 Å². The number of hydrogen-bond donors (Lipinski definition) is 2. The number of hydrogen-bond acceptors (Lipinski definition) is 3. The molecule has 3 nitrogen and oxygen atoms in total. The van der Waals surface area contributed by atoms with Gasteiger partial charge in [0.1, 0.15) is 0 Å². The molecule has 0 aromatic carbocycles. The molecule has 0 atom stereocenters. The maximum absolute atomic E-state index is 8.67. The second kappa shape index (κ2) is 9.26. The lowest BCUT2D eigenvalue weighted by atomic mass is 10.3. The Balaban J connectivity index is 3.34. The summed E-state index contributed by atoms with van der Waals surface area (Å²) < 4.78 is 0. The van der Waals surface area contributed by atoms with Crippen LogP contribution in [0.1, 0.15) is 12.8 Å². The summed E-state index contributed by atoms with van der Waals surface area (Å²) in [4.78, 5) is 2.03. The van der Waals surface area contributed by atoms with Crippen molar-refractivity contribution in [1.29, 1.82) is 0 Å². The van der Waals surface area contributed by atoms with Crippen LogP contribution in [0, 0.1) is 0 Å². The van der Waals surface area contributed by atoms with Crippen LogP contribution in [0.3, 0.4) is 0 Å². The van der Waals surface area contributed by atoms with Crippen LogP contribution in [0.15, 0.2) is 0 Å². The van der Waals surface area contributed by atoms with E-state index in [-0.39, 0.29) is 13.2 Å². The molecule has 0 heterocycles. The van der Waals surface area contributed by atoms with Gasteiger partial charge in [0, 0.05) is 19.0 Å². The molecule has 74 valence electrons. The minimum atomic E-state index is 0.154. The highest BCUT2D eigenvalue weighted by molar-refractivity contribution is 6.17. The quantitative estimate of drug-likeness (QED) is 0.432. The summed E-state index contributed by atoms with van der Waals surface area (Å²) in [5, 5.41) is 17.3. The van der Waals surface area contributed by atoms with E-state index in [1.54, 1.807) is 0 Å². The van der Waals surface area contributed by atoms with Crippen molar-refractivity contribution in [2.45, 2.75) is 12.8 Å². The van der Waals surface area contributed by atoms with E-state index >= 15 is 0 Å². The van der Waals surface area contributed by atoms with Gasteiger partial charge in [0.2, 0.25) is 0 Å². The second-order valence-corrected chi connectivity index (χ2v) is 3.06. The van der Waals surface area contributed by atoms with Gasteiger partial charge in [-0.25, -0.2) is 0 Å². The van der Waals surface area contributed by atoms with Crippen LogP contribution in [-0.2, 0) is 0 Å². The third-order valence-electron chi connectivity index (χ3n) is 1.69. The fourth-order valence-corrected chi connectivity index (χ4v) is 1.24. The van der Waals surface area contributed by atoms with Gasteiger partial charge in [-0.3, -0.25) is 4.90 Å². The Morgan fingerprint density at radius 2 is 1.50 bits per heavy atom. The van der Waals surface area contributed by atoms with Crippen molar-refractivity contribution in [3.05, 3.63) is 0 Å². The van der Waals surface area contributed by atoms with E-state index < -0.39 is 0 Å². The standard InChI is InChI=1S/C8H18ClNO2/c9-3-1-2-4-10(5-7-11)6-8-12/h11-12H,1-8H2. The van der Waals surface area contributed by atoms with Gasteiger partial charge in [-0.05, 0) is 19.4 Å². The van der Waals surface area contributed by atoms with Gasteiger partial charge in [-0.1, -0.05) is 0 Å². The first kappa shape index (κ1) is 12.2. The summed E-state index contributed by atoms with van der Waals surface area (Å²) in [6.45, 7) is 2.50. The molecule has 0 aliphatic heterocycles. The molecule has 2 N–H and O–H groups in total. The Labute approximate surface area is 78.9 Å². The summed E-state index contributed by atoms with van der Waals surface area (Å²) in [6, 6.07) is 0. The van der Waals surface area contributed by atoms with E-state index in [9.17, 15) is 0 Å². The smallest absolute Gasteiger partial charge is 0.0558 e. The third kappa shape index (κ3) is 6.85. The molecular weight excluding hydrogens is 178 g/mol. The van der Waals surface area contributed by atoms with Crippen LogP contribution < -0.4 is 0 Å². The number of halogens is 1. The van der Waals surface area contributed by atoms with E-state index in [0.29, 0.717) is 19.0 Å². The first-order valence-corrected chi connectivity index (χ1v) is 4.88. The van der Waals surface area contributed by atoms with Crippen molar-refractivity contribution in [3.8, 4) is 0 Å². The zero-order valence-electron chi connectivity index (χ0n) is 7.38. The average Bonchev–Trinajstić information content (AvgIpc) is 2.06. The van der Waals surface area contributed by atoms with Gasteiger partial charge in [0.25, 0.3) is 0 Å². The maximum Gasteiger partial charge on any atom is 0.0558 e. The monoisotopic (exact) mass is 195 g/mol. The molecule has 0 aliphatic carbocycles. The molecular formula is C8H18ClNO2. The Morgan fingerprint density at radius 1 is 0.917 bits per heavy atom. The molecule has 0 aromatic heterocycles. The van der Waals surface area contributed by atoms with Crippen LogP contribution in [-0.4, -0.2) is 53.8 Å². The zero-order valence-corrected chi connectivity index (χ0v) is 8.13. The predicted molar refractivity (Wildman–Crippen MR) is 50.6 cm³/mol. The molecule has 0 spiro atoms. The Morgan fingerprint density at radius 3 is 1.92 bits per heavy atom. The summed E-state index contributed by atoms with van der Waals surface area (Å²) >= 11 is 5.52. The topological polar surface area (TPSA) is 43.7 Å². The molecule has 0 amide bonds. The number of aliphatic hydroxyl groups excluding tert-OH is 2. The molecule has 0 aliphatic rings. The third-order valence-corrected chi connectivity index (χ3v) is 1.96. The van der Waals surface area contributed by atoms with E-state index in [4.69, 9.17) is 21.8 Å².